The summed E-state index contributed by atoms with van der Waals surface area (Å²) in [5, 5.41) is 3.77. The summed E-state index contributed by atoms with van der Waals surface area (Å²) in [5.41, 5.74) is 0. The van der Waals surface area contributed by atoms with E-state index in [1.807, 2.05) is 0 Å². The molecule has 1 aliphatic heterocycles. The van der Waals surface area contributed by atoms with Crippen LogP contribution in [0.25, 0.3) is 0 Å². The van der Waals surface area contributed by atoms with E-state index >= 15 is 0 Å². The molecule has 92 valence electrons. The van der Waals surface area contributed by atoms with Gasteiger partial charge in [0.05, 0.1) is 0 Å². The van der Waals surface area contributed by atoms with E-state index in [-0.39, 0.29) is 0 Å². The lowest BCUT2D eigenvalue weighted by Crippen LogP contribution is -2.34. The van der Waals surface area contributed by atoms with Crippen LogP contribution in [0.1, 0.15) is 51.9 Å². The first kappa shape index (κ1) is 11.0. The van der Waals surface area contributed by atoms with Crippen molar-refractivity contribution in [1.82, 2.24) is 10.2 Å². The molecule has 0 bridgehead atoms. The molecule has 2 atom stereocenters. The van der Waals surface area contributed by atoms with Crippen LogP contribution < -0.4 is 5.32 Å². The van der Waals surface area contributed by atoms with E-state index in [0.717, 1.165) is 24.0 Å². The molecule has 2 saturated carbocycles. The lowest BCUT2D eigenvalue weighted by atomic mass is 10.1. The van der Waals surface area contributed by atoms with Gasteiger partial charge in [0, 0.05) is 24.7 Å². The largest absolute Gasteiger partial charge is 0.313 e. The summed E-state index contributed by atoms with van der Waals surface area (Å²) >= 11 is 0. The number of likely N-dealkylation sites (tertiary alicyclic amines) is 1. The molecule has 3 fully saturated rings. The molecule has 16 heavy (non-hydrogen) atoms. The van der Waals surface area contributed by atoms with Crippen molar-refractivity contribution < 1.29 is 0 Å². The maximum atomic E-state index is 3.77. The van der Waals surface area contributed by atoms with E-state index in [2.05, 4.69) is 17.1 Å². The first-order valence-electron chi connectivity index (χ1n) is 7.32. The molecular weight excluding hydrogens is 196 g/mol. The molecule has 2 heteroatoms. The van der Waals surface area contributed by atoms with Gasteiger partial charge in [-0.3, -0.25) is 4.90 Å². The van der Waals surface area contributed by atoms with Crippen LogP contribution in [0.5, 0.6) is 0 Å². The van der Waals surface area contributed by atoms with Crippen LogP contribution in [0, 0.1) is 5.92 Å². The number of hydrogen-bond acceptors (Lipinski definition) is 2. The Balaban J connectivity index is 1.32. The zero-order chi connectivity index (χ0) is 11.0. The average molecular weight is 222 g/mol. The van der Waals surface area contributed by atoms with Crippen LogP contribution in [-0.4, -0.2) is 36.1 Å². The van der Waals surface area contributed by atoms with Gasteiger partial charge >= 0.3 is 0 Å². The fourth-order valence-electron chi connectivity index (χ4n) is 3.22. The lowest BCUT2D eigenvalue weighted by molar-refractivity contribution is 0.255. The van der Waals surface area contributed by atoms with Crippen molar-refractivity contribution in [3.05, 3.63) is 0 Å². The van der Waals surface area contributed by atoms with Gasteiger partial charge in [-0.2, -0.15) is 0 Å². The Morgan fingerprint density at radius 1 is 1.19 bits per heavy atom. The van der Waals surface area contributed by atoms with Crippen LogP contribution in [0.2, 0.25) is 0 Å². The molecule has 2 aliphatic carbocycles. The fraction of sp³-hybridized carbons (Fsp3) is 1.00. The predicted molar refractivity (Wildman–Crippen MR) is 67.6 cm³/mol. The Morgan fingerprint density at radius 3 is 2.69 bits per heavy atom. The number of nitrogens with one attached hydrogen (secondary N) is 1. The minimum Gasteiger partial charge on any atom is -0.313 e. The number of rotatable bonds is 6. The van der Waals surface area contributed by atoms with Crippen molar-refractivity contribution in [3.63, 3.8) is 0 Å². The first-order chi connectivity index (χ1) is 7.83. The van der Waals surface area contributed by atoms with Crippen LogP contribution in [0.4, 0.5) is 0 Å². The van der Waals surface area contributed by atoms with Crippen LogP contribution in [0.15, 0.2) is 0 Å². The van der Waals surface area contributed by atoms with E-state index in [9.17, 15) is 0 Å². The van der Waals surface area contributed by atoms with Crippen molar-refractivity contribution in [2.24, 2.45) is 5.92 Å². The Kier molecular flexibility index (Phi) is 3.21. The predicted octanol–water partition coefficient (Wildman–Crippen LogP) is 2.39. The van der Waals surface area contributed by atoms with Crippen molar-refractivity contribution in [2.45, 2.75) is 70.0 Å². The molecule has 2 nitrogen and oxygen atoms in total. The van der Waals surface area contributed by atoms with Gasteiger partial charge in [-0.25, -0.2) is 0 Å². The molecule has 2 unspecified atom stereocenters. The monoisotopic (exact) mass is 222 g/mol. The standard InChI is InChI=1S/C14H26N2/c1-11-9-13(10-16(11)14-6-7-14)15-8-2-3-12-4-5-12/h11-15H,2-10H2,1H3. The SMILES string of the molecule is CC1CC(NCCCC2CC2)CN1C1CC1. The highest BCUT2D eigenvalue weighted by Gasteiger charge is 2.38. The summed E-state index contributed by atoms with van der Waals surface area (Å²) < 4.78 is 0. The lowest BCUT2D eigenvalue weighted by Gasteiger charge is -2.19. The summed E-state index contributed by atoms with van der Waals surface area (Å²) in [6, 6.07) is 2.57. The van der Waals surface area contributed by atoms with Crippen molar-refractivity contribution in [3.8, 4) is 0 Å². The maximum Gasteiger partial charge on any atom is 0.0210 e. The quantitative estimate of drug-likeness (QED) is 0.694. The maximum absolute atomic E-state index is 3.77. The molecular formula is C14H26N2. The third kappa shape index (κ3) is 2.78. The van der Waals surface area contributed by atoms with Gasteiger partial charge in [-0.15, -0.1) is 0 Å². The van der Waals surface area contributed by atoms with E-state index in [1.54, 1.807) is 0 Å². The highest BCUT2D eigenvalue weighted by atomic mass is 15.3. The third-order valence-corrected chi connectivity index (χ3v) is 4.56. The van der Waals surface area contributed by atoms with Crippen LogP contribution in [0.3, 0.4) is 0 Å². The summed E-state index contributed by atoms with van der Waals surface area (Å²) in [4.78, 5) is 2.73. The molecule has 0 amide bonds. The Hall–Kier alpha value is -0.0800. The molecule has 0 aromatic rings. The van der Waals surface area contributed by atoms with Gasteiger partial charge in [0.1, 0.15) is 0 Å². The summed E-state index contributed by atoms with van der Waals surface area (Å²) in [5.74, 6) is 1.10. The topological polar surface area (TPSA) is 15.3 Å². The molecule has 0 aromatic carbocycles. The molecule has 0 spiro atoms. The number of nitrogens with zero attached hydrogens (tertiary/aromatic N) is 1. The summed E-state index contributed by atoms with van der Waals surface area (Å²) in [7, 11) is 0. The molecule has 0 aromatic heterocycles. The van der Waals surface area contributed by atoms with E-state index < -0.39 is 0 Å². The highest BCUT2D eigenvalue weighted by Crippen LogP contribution is 2.34. The van der Waals surface area contributed by atoms with Gasteiger partial charge in [0.2, 0.25) is 0 Å². The van der Waals surface area contributed by atoms with Crippen LogP contribution >= 0.6 is 0 Å². The van der Waals surface area contributed by atoms with Crippen molar-refractivity contribution in [1.29, 1.82) is 0 Å². The Morgan fingerprint density at radius 2 is 2.00 bits per heavy atom. The molecule has 1 saturated heterocycles. The van der Waals surface area contributed by atoms with E-state index in [0.29, 0.717) is 0 Å². The minimum absolute atomic E-state index is 0.787. The second kappa shape index (κ2) is 4.66. The first-order valence-corrected chi connectivity index (χ1v) is 7.32. The molecule has 3 aliphatic rings. The average Bonchev–Trinajstić information content (AvgIpc) is 3.14. The molecule has 1 heterocycles. The Labute approximate surface area is 99.8 Å². The van der Waals surface area contributed by atoms with E-state index in [1.165, 1.54) is 58.0 Å². The highest BCUT2D eigenvalue weighted by molar-refractivity contribution is 4.95. The zero-order valence-electron chi connectivity index (χ0n) is 10.6. The van der Waals surface area contributed by atoms with Crippen molar-refractivity contribution >= 4 is 0 Å². The van der Waals surface area contributed by atoms with Gasteiger partial charge in [0.15, 0.2) is 0 Å². The zero-order valence-corrected chi connectivity index (χ0v) is 10.6. The van der Waals surface area contributed by atoms with Gasteiger partial charge < -0.3 is 5.32 Å². The van der Waals surface area contributed by atoms with Gasteiger partial charge in [0.25, 0.3) is 0 Å². The normalized spacial score (nSPS) is 35.8. The van der Waals surface area contributed by atoms with Crippen LogP contribution in [-0.2, 0) is 0 Å². The summed E-state index contributed by atoms with van der Waals surface area (Å²) in [6.45, 7) is 4.98. The molecule has 0 radical (unpaired) electrons. The number of hydrogen-bond donors (Lipinski definition) is 1. The van der Waals surface area contributed by atoms with E-state index in [4.69, 9.17) is 0 Å². The molecule has 1 N–H and O–H groups in total. The minimum atomic E-state index is 0.787. The smallest absolute Gasteiger partial charge is 0.0210 e. The third-order valence-electron chi connectivity index (χ3n) is 4.56. The second-order valence-corrected chi connectivity index (χ2v) is 6.25. The van der Waals surface area contributed by atoms with Crippen molar-refractivity contribution in [2.75, 3.05) is 13.1 Å². The van der Waals surface area contributed by atoms with Gasteiger partial charge in [-0.1, -0.05) is 12.8 Å². The Bertz CT molecular complexity index is 233. The van der Waals surface area contributed by atoms with Gasteiger partial charge in [-0.05, 0) is 51.5 Å². The second-order valence-electron chi connectivity index (χ2n) is 6.25. The summed E-state index contributed by atoms with van der Waals surface area (Å²) in [6.07, 6.45) is 10.2. The molecule has 3 rings (SSSR count). The fourth-order valence-corrected chi connectivity index (χ4v) is 3.22.